The van der Waals surface area contributed by atoms with E-state index >= 15 is 0 Å². The summed E-state index contributed by atoms with van der Waals surface area (Å²) in [6, 6.07) is 31.1. The lowest BCUT2D eigenvalue weighted by molar-refractivity contribution is -0.161. The lowest BCUT2D eigenvalue weighted by Gasteiger charge is -2.52. The molecule has 1 unspecified atom stereocenters. The van der Waals surface area contributed by atoms with Gasteiger partial charge in [-0.2, -0.15) is 0 Å². The molecular formula is C37H47N3O2. The van der Waals surface area contributed by atoms with Gasteiger partial charge in [0.05, 0.1) is 0 Å². The van der Waals surface area contributed by atoms with E-state index in [0.717, 1.165) is 32.5 Å². The molecule has 2 aliphatic rings. The number of hydrogen-bond acceptors (Lipinski definition) is 3. The molecule has 5 rings (SSSR count). The molecule has 2 fully saturated rings. The molecule has 222 valence electrons. The van der Waals surface area contributed by atoms with Crippen molar-refractivity contribution in [3.63, 3.8) is 0 Å². The predicted octanol–water partition coefficient (Wildman–Crippen LogP) is 6.44. The number of piperidine rings is 1. The van der Waals surface area contributed by atoms with E-state index in [4.69, 9.17) is 0 Å². The number of nitrogens with one attached hydrogen (secondary N) is 1. The highest BCUT2D eigenvalue weighted by molar-refractivity contribution is 6.00. The number of aryl methyl sites for hydroxylation is 1. The van der Waals surface area contributed by atoms with Crippen LogP contribution in [0.3, 0.4) is 0 Å². The largest absolute Gasteiger partial charge is 0.342 e. The van der Waals surface area contributed by atoms with Crippen LogP contribution >= 0.6 is 0 Å². The molecule has 2 aliphatic heterocycles. The van der Waals surface area contributed by atoms with Gasteiger partial charge in [-0.1, -0.05) is 111 Å². The second-order valence-corrected chi connectivity index (χ2v) is 12.6. The number of nitrogens with zero attached hydrogens (tertiary/aromatic N) is 2. The van der Waals surface area contributed by atoms with Gasteiger partial charge in [-0.3, -0.25) is 9.59 Å². The van der Waals surface area contributed by atoms with Crippen LogP contribution in [0.1, 0.15) is 75.0 Å². The Kier molecular flexibility index (Phi) is 10.1. The molecule has 2 amide bonds. The Morgan fingerprint density at radius 2 is 1.36 bits per heavy atom. The van der Waals surface area contributed by atoms with Crippen LogP contribution in [0.15, 0.2) is 91.0 Å². The zero-order valence-corrected chi connectivity index (χ0v) is 25.4. The third kappa shape index (κ3) is 7.12. The maximum Gasteiger partial charge on any atom is 0.246 e. The van der Waals surface area contributed by atoms with Crippen molar-refractivity contribution in [3.8, 4) is 0 Å². The highest BCUT2D eigenvalue weighted by atomic mass is 16.2. The first-order valence-corrected chi connectivity index (χ1v) is 15.9. The van der Waals surface area contributed by atoms with Gasteiger partial charge in [0.25, 0.3) is 0 Å². The number of carbonyl (C=O) groups excluding carboxylic acids is 2. The van der Waals surface area contributed by atoms with E-state index < -0.39 is 11.6 Å². The highest BCUT2D eigenvalue weighted by Gasteiger charge is 2.54. The average Bonchev–Trinajstić information content (AvgIpc) is 3.02. The van der Waals surface area contributed by atoms with Crippen molar-refractivity contribution < 1.29 is 9.59 Å². The van der Waals surface area contributed by atoms with Crippen molar-refractivity contribution in [2.24, 2.45) is 5.92 Å². The first-order chi connectivity index (χ1) is 20.5. The van der Waals surface area contributed by atoms with E-state index in [9.17, 15) is 9.59 Å². The molecule has 1 atom stereocenters. The Hall–Kier alpha value is -3.44. The Bertz CT molecular complexity index is 1230. The highest BCUT2D eigenvalue weighted by Crippen LogP contribution is 2.37. The second kappa shape index (κ2) is 14.2. The zero-order valence-electron chi connectivity index (χ0n) is 25.4. The molecule has 5 nitrogen and oxygen atoms in total. The van der Waals surface area contributed by atoms with Crippen LogP contribution in [0.5, 0.6) is 0 Å². The molecule has 2 saturated heterocycles. The van der Waals surface area contributed by atoms with Crippen molar-refractivity contribution >= 4 is 11.8 Å². The summed E-state index contributed by atoms with van der Waals surface area (Å²) in [6.07, 6.45) is 6.71. The number of hydrogen-bond donors (Lipinski definition) is 1. The van der Waals surface area contributed by atoms with Gasteiger partial charge in [-0.25, -0.2) is 0 Å². The standard InChI is InChI=1S/C37H47N3O2/c1-29(2)27-34-35(41)40(28-33(31-18-10-4-11-19-31)32-20-12-5-13-21-32)37(36(42)38-34)22-25-39(26-23-37)24-14-6-9-17-30-15-7-3-8-16-30/h3-5,7-8,10-13,15-16,18-21,29,33-34H,6,9,14,17,22-28H2,1-2H3,(H,38,42). The minimum Gasteiger partial charge on any atom is -0.342 e. The van der Waals surface area contributed by atoms with Crippen LogP contribution in [0.4, 0.5) is 0 Å². The van der Waals surface area contributed by atoms with E-state index in [0.29, 0.717) is 31.7 Å². The number of carbonyl (C=O) groups is 2. The summed E-state index contributed by atoms with van der Waals surface area (Å²) in [5, 5.41) is 3.18. The molecule has 1 N–H and O–H groups in total. The molecule has 2 heterocycles. The molecule has 42 heavy (non-hydrogen) atoms. The maximum atomic E-state index is 14.2. The first-order valence-electron chi connectivity index (χ1n) is 15.9. The Morgan fingerprint density at radius 1 is 0.786 bits per heavy atom. The summed E-state index contributed by atoms with van der Waals surface area (Å²) in [5.74, 6) is 0.434. The molecule has 1 spiro atoms. The molecule has 3 aromatic rings. The van der Waals surface area contributed by atoms with Crippen LogP contribution < -0.4 is 5.32 Å². The molecular weight excluding hydrogens is 518 g/mol. The molecule has 0 saturated carbocycles. The minimum absolute atomic E-state index is 0.00136. The van der Waals surface area contributed by atoms with Gasteiger partial charge in [-0.05, 0) is 67.7 Å². The third-order valence-electron chi connectivity index (χ3n) is 9.25. The van der Waals surface area contributed by atoms with Gasteiger partial charge in [0.2, 0.25) is 11.8 Å². The number of benzene rings is 3. The fourth-order valence-corrected chi connectivity index (χ4v) is 6.86. The quantitative estimate of drug-likeness (QED) is 0.257. The third-order valence-corrected chi connectivity index (χ3v) is 9.25. The molecule has 0 radical (unpaired) electrons. The molecule has 0 aliphatic carbocycles. The van der Waals surface area contributed by atoms with Crippen molar-refractivity contribution in [2.45, 2.75) is 76.3 Å². The zero-order chi connectivity index (χ0) is 29.4. The molecule has 3 aromatic carbocycles. The SMILES string of the molecule is CC(C)CC1NC(=O)C2(CCN(CCCCCc3ccccc3)CC2)N(CC(c2ccccc2)c2ccccc2)C1=O. The fraction of sp³-hybridized carbons (Fsp3) is 0.459. The molecule has 0 aromatic heterocycles. The summed E-state index contributed by atoms with van der Waals surface area (Å²) in [5.41, 5.74) is 2.96. The lowest BCUT2D eigenvalue weighted by Crippen LogP contribution is -2.73. The fourth-order valence-electron chi connectivity index (χ4n) is 6.86. The van der Waals surface area contributed by atoms with E-state index in [1.165, 1.54) is 29.5 Å². The Morgan fingerprint density at radius 3 is 1.93 bits per heavy atom. The maximum absolute atomic E-state index is 14.2. The first kappa shape index (κ1) is 30.0. The van der Waals surface area contributed by atoms with Gasteiger partial charge in [0.15, 0.2) is 0 Å². The summed E-state index contributed by atoms with van der Waals surface area (Å²) in [6.45, 7) is 7.46. The normalized spacial score (nSPS) is 19.0. The second-order valence-electron chi connectivity index (χ2n) is 12.6. The van der Waals surface area contributed by atoms with Gasteiger partial charge >= 0.3 is 0 Å². The number of amides is 2. The van der Waals surface area contributed by atoms with Crippen molar-refractivity contribution in [1.82, 2.24) is 15.1 Å². The topological polar surface area (TPSA) is 52.7 Å². The Balaban J connectivity index is 1.30. The summed E-state index contributed by atoms with van der Waals surface area (Å²) >= 11 is 0. The minimum atomic E-state index is -0.795. The van der Waals surface area contributed by atoms with E-state index in [1.807, 2.05) is 17.0 Å². The van der Waals surface area contributed by atoms with Crippen LogP contribution in [0.25, 0.3) is 0 Å². The monoisotopic (exact) mass is 565 g/mol. The summed E-state index contributed by atoms with van der Waals surface area (Å²) in [7, 11) is 0. The van der Waals surface area contributed by atoms with Crippen LogP contribution in [-0.4, -0.2) is 59.4 Å². The van der Waals surface area contributed by atoms with Crippen LogP contribution in [0.2, 0.25) is 0 Å². The molecule has 0 bridgehead atoms. The summed E-state index contributed by atoms with van der Waals surface area (Å²) < 4.78 is 0. The van der Waals surface area contributed by atoms with Crippen LogP contribution in [-0.2, 0) is 16.0 Å². The van der Waals surface area contributed by atoms with Gasteiger partial charge < -0.3 is 15.1 Å². The number of likely N-dealkylation sites (tertiary alicyclic amines) is 1. The van der Waals surface area contributed by atoms with E-state index in [2.05, 4.69) is 103 Å². The number of piperazine rings is 1. The average molecular weight is 566 g/mol. The predicted molar refractivity (Wildman–Crippen MR) is 170 cm³/mol. The summed E-state index contributed by atoms with van der Waals surface area (Å²) in [4.78, 5) is 32.7. The van der Waals surface area contributed by atoms with Gasteiger partial charge in [0.1, 0.15) is 11.6 Å². The van der Waals surface area contributed by atoms with Crippen molar-refractivity contribution in [2.75, 3.05) is 26.2 Å². The van der Waals surface area contributed by atoms with Gasteiger partial charge in [0, 0.05) is 25.6 Å². The Labute approximate surface area is 252 Å². The molecule has 5 heteroatoms. The lowest BCUT2D eigenvalue weighted by atomic mass is 9.79. The van der Waals surface area contributed by atoms with Crippen molar-refractivity contribution in [1.29, 1.82) is 0 Å². The number of rotatable bonds is 12. The van der Waals surface area contributed by atoms with Crippen molar-refractivity contribution in [3.05, 3.63) is 108 Å². The van der Waals surface area contributed by atoms with E-state index in [1.54, 1.807) is 0 Å². The van der Waals surface area contributed by atoms with Crippen LogP contribution in [0, 0.1) is 5.92 Å². The number of unbranched alkanes of at least 4 members (excludes halogenated alkanes) is 2. The van der Waals surface area contributed by atoms with Gasteiger partial charge in [-0.15, -0.1) is 0 Å². The smallest absolute Gasteiger partial charge is 0.246 e. The van der Waals surface area contributed by atoms with E-state index in [-0.39, 0.29) is 17.7 Å².